The first-order valence-corrected chi connectivity index (χ1v) is 22.3. The van der Waals surface area contributed by atoms with E-state index >= 15 is 0 Å². The van der Waals surface area contributed by atoms with Crippen LogP contribution >= 0.6 is 7.82 Å². The number of nitrogens with two attached hydrogens (primary N) is 1. The van der Waals surface area contributed by atoms with Gasteiger partial charge in [0, 0.05) is 19.4 Å². The molecule has 0 spiro atoms. The smallest absolute Gasteiger partial charge is 0.462 e. The Balaban J connectivity index is 4.18. The molecule has 0 saturated carbocycles. The highest BCUT2D eigenvalue weighted by Crippen LogP contribution is 2.43. The molecule has 0 fully saturated rings. The molecule has 0 radical (unpaired) electrons. The van der Waals surface area contributed by atoms with Crippen LogP contribution in [0.4, 0.5) is 0 Å². The Kier molecular flexibility index (Phi) is 37.1. The highest BCUT2D eigenvalue weighted by atomic mass is 31.2. The van der Waals surface area contributed by atoms with Crippen LogP contribution in [0.5, 0.6) is 0 Å². The van der Waals surface area contributed by atoms with Crippen LogP contribution in [0, 0.1) is 0 Å². The number of hydrogen-bond acceptors (Lipinski definition) is 8. The third-order valence-corrected chi connectivity index (χ3v) is 9.79. The number of ether oxygens (including phenoxy) is 2. The molecule has 0 rings (SSSR count). The van der Waals surface area contributed by atoms with Crippen molar-refractivity contribution in [1.82, 2.24) is 0 Å². The van der Waals surface area contributed by atoms with E-state index in [0.717, 1.165) is 57.8 Å². The maximum atomic E-state index is 12.6. The number of carbonyl (C=O) groups is 2. The molecular weight excluding hydrogens is 665 g/mol. The van der Waals surface area contributed by atoms with E-state index in [1.54, 1.807) is 0 Å². The van der Waals surface area contributed by atoms with Crippen LogP contribution in [-0.4, -0.2) is 49.3 Å². The van der Waals surface area contributed by atoms with Crippen LogP contribution in [0.3, 0.4) is 0 Å². The third-order valence-electron chi connectivity index (χ3n) is 8.81. The number of allylic oxidation sites excluding steroid dienone is 4. The summed E-state index contributed by atoms with van der Waals surface area (Å²) in [6.07, 6.45) is 39.1. The lowest BCUT2D eigenvalue weighted by Gasteiger charge is -2.19. The average molecular weight is 744 g/mol. The SMILES string of the molecule is CCCC/C=C/CCCCCCCCCCCC(=O)O[C@H](COC(=O)CCCCCCC/C=C/CCCCCCCC)COP(=O)(O)OCCN. The van der Waals surface area contributed by atoms with E-state index in [1.165, 1.54) is 103 Å². The van der Waals surface area contributed by atoms with Crippen molar-refractivity contribution in [2.75, 3.05) is 26.4 Å². The topological polar surface area (TPSA) is 134 Å². The summed E-state index contributed by atoms with van der Waals surface area (Å²) in [6, 6.07) is 0. The Morgan fingerprint density at radius 2 is 0.980 bits per heavy atom. The van der Waals surface area contributed by atoms with Gasteiger partial charge in [0.05, 0.1) is 13.2 Å². The maximum absolute atomic E-state index is 12.6. The minimum atomic E-state index is -4.37. The van der Waals surface area contributed by atoms with Gasteiger partial charge in [-0.2, -0.15) is 0 Å². The zero-order chi connectivity index (χ0) is 37.5. The Morgan fingerprint density at radius 3 is 1.45 bits per heavy atom. The highest BCUT2D eigenvalue weighted by Gasteiger charge is 2.26. The van der Waals surface area contributed by atoms with E-state index in [1.807, 2.05) is 0 Å². The van der Waals surface area contributed by atoms with Crippen molar-refractivity contribution in [2.24, 2.45) is 5.73 Å². The molecule has 0 aliphatic rings. The summed E-state index contributed by atoms with van der Waals surface area (Å²) in [7, 11) is -4.37. The first-order valence-electron chi connectivity index (χ1n) is 20.8. The highest BCUT2D eigenvalue weighted by molar-refractivity contribution is 7.47. The van der Waals surface area contributed by atoms with Gasteiger partial charge in [-0.25, -0.2) is 4.57 Å². The first-order chi connectivity index (χ1) is 24.8. The molecule has 0 aliphatic heterocycles. The van der Waals surface area contributed by atoms with Crippen LogP contribution in [0.15, 0.2) is 24.3 Å². The lowest BCUT2D eigenvalue weighted by atomic mass is 10.1. The molecule has 0 saturated heterocycles. The number of esters is 2. The van der Waals surface area contributed by atoms with Gasteiger partial charge in [0.25, 0.3) is 0 Å². The number of carbonyl (C=O) groups excluding carboxylic acids is 2. The van der Waals surface area contributed by atoms with E-state index in [4.69, 9.17) is 24.3 Å². The van der Waals surface area contributed by atoms with Gasteiger partial charge in [-0.1, -0.05) is 147 Å². The molecule has 0 heterocycles. The van der Waals surface area contributed by atoms with Crippen molar-refractivity contribution in [2.45, 2.75) is 200 Å². The van der Waals surface area contributed by atoms with Gasteiger partial charge in [-0.3, -0.25) is 18.6 Å². The summed E-state index contributed by atoms with van der Waals surface area (Å²) in [5.74, 6) is -0.837. The van der Waals surface area contributed by atoms with Gasteiger partial charge in [-0.05, 0) is 57.8 Å². The molecule has 0 bridgehead atoms. The molecule has 51 heavy (non-hydrogen) atoms. The predicted octanol–water partition coefficient (Wildman–Crippen LogP) is 11.6. The standard InChI is InChI=1S/C41H78NO8P/c1-3-5-7-9-11-13-15-17-19-21-23-25-27-29-31-33-40(43)47-37-39(38-49-51(45,46)48-36-35-42)50-41(44)34-32-30-28-26-24-22-20-18-16-14-12-10-8-6-4-2/h10,12,17,19,39H,3-9,11,13-16,18,20-38,42H2,1-2H3,(H,45,46)/b12-10+,19-17+/t39-/m1/s1. The molecule has 9 nitrogen and oxygen atoms in total. The minimum absolute atomic E-state index is 0.0529. The monoisotopic (exact) mass is 744 g/mol. The molecule has 2 atom stereocenters. The van der Waals surface area contributed by atoms with Gasteiger partial charge in [0.1, 0.15) is 6.61 Å². The Bertz CT molecular complexity index is 897. The fourth-order valence-electron chi connectivity index (χ4n) is 5.67. The Hall–Kier alpha value is -1.51. The van der Waals surface area contributed by atoms with Gasteiger partial charge >= 0.3 is 19.8 Å². The average Bonchev–Trinajstić information content (AvgIpc) is 3.11. The number of rotatable bonds is 39. The van der Waals surface area contributed by atoms with Crippen molar-refractivity contribution >= 4 is 19.8 Å². The van der Waals surface area contributed by atoms with E-state index in [2.05, 4.69) is 38.2 Å². The summed E-state index contributed by atoms with van der Waals surface area (Å²) in [5.41, 5.74) is 5.34. The summed E-state index contributed by atoms with van der Waals surface area (Å²) >= 11 is 0. The molecule has 300 valence electrons. The van der Waals surface area contributed by atoms with E-state index < -0.39 is 26.5 Å². The second-order valence-electron chi connectivity index (χ2n) is 13.8. The van der Waals surface area contributed by atoms with Crippen molar-refractivity contribution in [1.29, 1.82) is 0 Å². The van der Waals surface area contributed by atoms with Crippen LogP contribution in [-0.2, 0) is 32.7 Å². The van der Waals surface area contributed by atoms with Crippen molar-refractivity contribution in [3.05, 3.63) is 24.3 Å². The number of phosphoric ester groups is 1. The fraction of sp³-hybridized carbons (Fsp3) is 0.854. The van der Waals surface area contributed by atoms with Gasteiger partial charge in [-0.15, -0.1) is 0 Å². The number of unbranched alkanes of at least 4 members (excludes halogenated alkanes) is 22. The largest absolute Gasteiger partial charge is 0.472 e. The van der Waals surface area contributed by atoms with Crippen LogP contribution in [0.25, 0.3) is 0 Å². The molecule has 0 aromatic rings. The summed E-state index contributed by atoms with van der Waals surface area (Å²) in [4.78, 5) is 34.8. The van der Waals surface area contributed by atoms with E-state index in [-0.39, 0.29) is 38.6 Å². The summed E-state index contributed by atoms with van der Waals surface area (Å²) < 4.78 is 32.7. The fourth-order valence-corrected chi connectivity index (χ4v) is 6.43. The molecule has 1 unspecified atom stereocenters. The maximum Gasteiger partial charge on any atom is 0.472 e. The lowest BCUT2D eigenvalue weighted by Crippen LogP contribution is -2.29. The molecule has 0 aromatic carbocycles. The normalized spacial score (nSPS) is 13.6. The van der Waals surface area contributed by atoms with Gasteiger partial charge in [0.2, 0.25) is 0 Å². The third kappa shape index (κ3) is 38.0. The van der Waals surface area contributed by atoms with Gasteiger partial charge in [0.15, 0.2) is 6.10 Å². The molecule has 0 aromatic heterocycles. The molecule has 0 aliphatic carbocycles. The number of phosphoric acid groups is 1. The van der Waals surface area contributed by atoms with E-state index in [0.29, 0.717) is 6.42 Å². The Morgan fingerprint density at radius 1 is 0.569 bits per heavy atom. The van der Waals surface area contributed by atoms with Gasteiger partial charge < -0.3 is 20.1 Å². The van der Waals surface area contributed by atoms with Crippen molar-refractivity contribution in [3.8, 4) is 0 Å². The van der Waals surface area contributed by atoms with Crippen LogP contribution in [0.2, 0.25) is 0 Å². The quantitative estimate of drug-likeness (QED) is 0.0273. The first kappa shape index (κ1) is 49.5. The zero-order valence-corrected chi connectivity index (χ0v) is 33.7. The molecule has 3 N–H and O–H groups in total. The minimum Gasteiger partial charge on any atom is -0.462 e. The van der Waals surface area contributed by atoms with Crippen molar-refractivity contribution in [3.63, 3.8) is 0 Å². The van der Waals surface area contributed by atoms with Crippen molar-refractivity contribution < 1.29 is 37.6 Å². The molecule has 10 heteroatoms. The second-order valence-corrected chi connectivity index (χ2v) is 15.3. The predicted molar refractivity (Wildman–Crippen MR) is 211 cm³/mol. The van der Waals surface area contributed by atoms with E-state index in [9.17, 15) is 19.0 Å². The lowest BCUT2D eigenvalue weighted by molar-refractivity contribution is -0.161. The summed E-state index contributed by atoms with van der Waals surface area (Å²) in [6.45, 7) is 3.69. The summed E-state index contributed by atoms with van der Waals surface area (Å²) in [5, 5.41) is 0. The van der Waals surface area contributed by atoms with Crippen LogP contribution < -0.4 is 5.73 Å². The zero-order valence-electron chi connectivity index (χ0n) is 32.8. The second kappa shape index (κ2) is 38.2. The molecular formula is C41H78NO8P. The van der Waals surface area contributed by atoms with Crippen LogP contribution in [0.1, 0.15) is 194 Å². The molecule has 0 amide bonds. The number of hydrogen-bond donors (Lipinski definition) is 2. The Labute approximate surface area is 312 Å².